The highest BCUT2D eigenvalue weighted by Gasteiger charge is 2.24. The van der Waals surface area contributed by atoms with Gasteiger partial charge in [0.05, 0.1) is 6.61 Å². The van der Waals surface area contributed by atoms with Gasteiger partial charge in [0.25, 0.3) is 0 Å². The van der Waals surface area contributed by atoms with E-state index in [1.165, 1.54) is 6.08 Å². The molecule has 118 valence electrons. The van der Waals surface area contributed by atoms with Crippen molar-refractivity contribution >= 4 is 17.9 Å². The minimum absolute atomic E-state index is 0.0679. The molecule has 0 aromatic carbocycles. The molecule has 1 aliphatic heterocycles. The minimum atomic E-state index is -0.297. The second-order valence-corrected chi connectivity index (χ2v) is 4.77. The first-order valence-electron chi connectivity index (χ1n) is 7.18. The van der Waals surface area contributed by atoms with Gasteiger partial charge in [-0.25, -0.2) is 4.79 Å². The first-order chi connectivity index (χ1) is 10.1. The topological polar surface area (TPSA) is 87.7 Å². The number of rotatable bonds is 6. The number of piperidine rings is 1. The van der Waals surface area contributed by atoms with Crippen LogP contribution in [0.3, 0.4) is 0 Å². The summed E-state index contributed by atoms with van der Waals surface area (Å²) >= 11 is 0. The number of likely N-dealkylation sites (tertiary alicyclic amines) is 1. The summed E-state index contributed by atoms with van der Waals surface area (Å²) in [5.41, 5.74) is 0. The van der Waals surface area contributed by atoms with E-state index < -0.39 is 0 Å². The number of carbonyl (C=O) groups excluding carboxylic acids is 3. The van der Waals surface area contributed by atoms with Gasteiger partial charge in [-0.1, -0.05) is 6.58 Å². The number of ether oxygens (including phenoxy) is 1. The molecule has 0 atom stereocenters. The quantitative estimate of drug-likeness (QED) is 0.695. The van der Waals surface area contributed by atoms with Gasteiger partial charge in [0.15, 0.2) is 0 Å². The molecule has 1 saturated heterocycles. The maximum atomic E-state index is 11.7. The molecule has 1 rings (SSSR count). The second-order valence-electron chi connectivity index (χ2n) is 4.77. The van der Waals surface area contributed by atoms with E-state index in [1.54, 1.807) is 11.8 Å². The van der Waals surface area contributed by atoms with Crippen LogP contribution in [0.4, 0.5) is 4.79 Å². The van der Waals surface area contributed by atoms with Gasteiger partial charge < -0.3 is 20.3 Å². The average molecular weight is 297 g/mol. The van der Waals surface area contributed by atoms with E-state index in [-0.39, 0.29) is 30.4 Å². The van der Waals surface area contributed by atoms with Crippen molar-refractivity contribution in [2.45, 2.75) is 32.2 Å². The van der Waals surface area contributed by atoms with Crippen molar-refractivity contribution in [1.29, 1.82) is 0 Å². The van der Waals surface area contributed by atoms with E-state index in [9.17, 15) is 14.4 Å². The fourth-order valence-corrected chi connectivity index (χ4v) is 2.09. The summed E-state index contributed by atoms with van der Waals surface area (Å²) in [6.45, 7) is 6.92. The average Bonchev–Trinajstić information content (AvgIpc) is 2.48. The van der Waals surface area contributed by atoms with Gasteiger partial charge in [0.1, 0.15) is 0 Å². The van der Waals surface area contributed by atoms with Gasteiger partial charge in [0, 0.05) is 32.1 Å². The number of carbonyl (C=O) groups is 3. The number of hydrogen-bond donors (Lipinski definition) is 2. The molecule has 0 unspecified atom stereocenters. The summed E-state index contributed by atoms with van der Waals surface area (Å²) < 4.78 is 4.94. The fraction of sp³-hybridized carbons (Fsp3) is 0.643. The van der Waals surface area contributed by atoms with Crippen molar-refractivity contribution in [3.05, 3.63) is 12.7 Å². The van der Waals surface area contributed by atoms with Crippen molar-refractivity contribution < 1.29 is 19.1 Å². The van der Waals surface area contributed by atoms with Gasteiger partial charge in [-0.3, -0.25) is 9.59 Å². The Hall–Kier alpha value is -2.05. The summed E-state index contributed by atoms with van der Waals surface area (Å²) in [7, 11) is 0. The Kier molecular flexibility index (Phi) is 7.28. The minimum Gasteiger partial charge on any atom is -0.450 e. The number of amides is 3. The smallest absolute Gasteiger partial charge is 0.409 e. The van der Waals surface area contributed by atoms with Gasteiger partial charge in [0.2, 0.25) is 11.8 Å². The fourth-order valence-electron chi connectivity index (χ4n) is 2.09. The van der Waals surface area contributed by atoms with Crippen LogP contribution >= 0.6 is 0 Å². The molecule has 0 radical (unpaired) electrons. The lowest BCUT2D eigenvalue weighted by Gasteiger charge is -2.31. The zero-order valence-corrected chi connectivity index (χ0v) is 12.4. The lowest BCUT2D eigenvalue weighted by atomic mass is 10.1. The Morgan fingerprint density at radius 1 is 1.33 bits per heavy atom. The van der Waals surface area contributed by atoms with Crippen molar-refractivity contribution in [1.82, 2.24) is 15.5 Å². The highest BCUT2D eigenvalue weighted by atomic mass is 16.6. The van der Waals surface area contributed by atoms with Crippen LogP contribution in [0.25, 0.3) is 0 Å². The number of nitrogens with one attached hydrogen (secondary N) is 2. The third kappa shape index (κ3) is 6.29. The van der Waals surface area contributed by atoms with E-state index in [4.69, 9.17) is 4.74 Å². The predicted molar refractivity (Wildman–Crippen MR) is 77.6 cm³/mol. The normalized spacial score (nSPS) is 15.2. The maximum absolute atomic E-state index is 11.7. The summed E-state index contributed by atoms with van der Waals surface area (Å²) in [4.78, 5) is 35.8. The van der Waals surface area contributed by atoms with E-state index in [0.717, 1.165) is 0 Å². The second kappa shape index (κ2) is 8.99. The van der Waals surface area contributed by atoms with Crippen LogP contribution in [0.5, 0.6) is 0 Å². The molecule has 21 heavy (non-hydrogen) atoms. The van der Waals surface area contributed by atoms with Gasteiger partial charge in [-0.2, -0.15) is 0 Å². The molecule has 0 bridgehead atoms. The Labute approximate surface area is 124 Å². The summed E-state index contributed by atoms with van der Waals surface area (Å²) in [6.07, 6.45) is 2.53. The summed E-state index contributed by atoms with van der Waals surface area (Å²) in [5.74, 6) is -0.389. The zero-order valence-electron chi connectivity index (χ0n) is 12.4. The first-order valence-corrected chi connectivity index (χ1v) is 7.18. The molecule has 0 aliphatic carbocycles. The third-order valence-corrected chi connectivity index (χ3v) is 3.22. The third-order valence-electron chi connectivity index (χ3n) is 3.22. The Morgan fingerprint density at radius 2 is 2.00 bits per heavy atom. The Bertz CT molecular complexity index is 390. The predicted octanol–water partition coefficient (Wildman–Crippen LogP) is 0.416. The number of nitrogens with zero attached hydrogens (tertiary/aromatic N) is 1. The van der Waals surface area contributed by atoms with Crippen LogP contribution < -0.4 is 10.6 Å². The van der Waals surface area contributed by atoms with Crippen LogP contribution in [-0.4, -0.2) is 55.1 Å². The molecular weight excluding hydrogens is 274 g/mol. The Balaban J connectivity index is 2.20. The number of hydrogen-bond acceptors (Lipinski definition) is 4. The van der Waals surface area contributed by atoms with Crippen molar-refractivity contribution in [2.75, 3.05) is 26.2 Å². The molecule has 0 spiro atoms. The van der Waals surface area contributed by atoms with Gasteiger partial charge in [-0.15, -0.1) is 0 Å². The first kappa shape index (κ1) is 17.0. The van der Waals surface area contributed by atoms with E-state index in [1.807, 2.05) is 0 Å². The van der Waals surface area contributed by atoms with Crippen molar-refractivity contribution in [2.24, 2.45) is 0 Å². The van der Waals surface area contributed by atoms with E-state index >= 15 is 0 Å². The standard InChI is InChI=1S/C14H23N3O4/c1-3-12(18)15-8-5-13(19)16-11-6-9-17(10-7-11)14(20)21-4-2/h3,11H,1,4-10H2,2H3,(H,15,18)(H,16,19). The van der Waals surface area contributed by atoms with Crippen LogP contribution in [0.2, 0.25) is 0 Å². The lowest BCUT2D eigenvalue weighted by molar-refractivity contribution is -0.122. The molecular formula is C14H23N3O4. The van der Waals surface area contributed by atoms with E-state index in [0.29, 0.717) is 39.1 Å². The molecule has 3 amide bonds. The molecule has 7 nitrogen and oxygen atoms in total. The van der Waals surface area contributed by atoms with E-state index in [2.05, 4.69) is 17.2 Å². The molecule has 0 aromatic heterocycles. The molecule has 7 heteroatoms. The van der Waals surface area contributed by atoms with Crippen molar-refractivity contribution in [3.63, 3.8) is 0 Å². The van der Waals surface area contributed by atoms with Gasteiger partial charge in [-0.05, 0) is 25.8 Å². The molecule has 0 saturated carbocycles. The Morgan fingerprint density at radius 3 is 2.57 bits per heavy atom. The monoisotopic (exact) mass is 297 g/mol. The molecule has 1 fully saturated rings. The molecule has 1 aliphatic rings. The highest BCUT2D eigenvalue weighted by Crippen LogP contribution is 2.11. The molecule has 0 aromatic rings. The van der Waals surface area contributed by atoms with Crippen LogP contribution in [0.1, 0.15) is 26.2 Å². The summed E-state index contributed by atoms with van der Waals surface area (Å²) in [5, 5.41) is 5.46. The maximum Gasteiger partial charge on any atom is 0.409 e. The SMILES string of the molecule is C=CC(=O)NCCC(=O)NC1CCN(C(=O)OCC)CC1. The summed E-state index contributed by atoms with van der Waals surface area (Å²) in [6, 6.07) is 0.0679. The highest BCUT2D eigenvalue weighted by molar-refractivity contribution is 5.87. The van der Waals surface area contributed by atoms with Crippen molar-refractivity contribution in [3.8, 4) is 0 Å². The lowest BCUT2D eigenvalue weighted by Crippen LogP contribution is -2.47. The largest absolute Gasteiger partial charge is 0.450 e. The molecule has 1 heterocycles. The van der Waals surface area contributed by atoms with Gasteiger partial charge >= 0.3 is 6.09 Å². The van der Waals surface area contributed by atoms with Crippen LogP contribution in [0, 0.1) is 0 Å². The van der Waals surface area contributed by atoms with Crippen LogP contribution in [-0.2, 0) is 14.3 Å². The molecule has 2 N–H and O–H groups in total. The van der Waals surface area contributed by atoms with Crippen LogP contribution in [0.15, 0.2) is 12.7 Å². The zero-order chi connectivity index (χ0) is 15.7.